The Morgan fingerprint density at radius 1 is 1.17 bits per heavy atom. The maximum absolute atomic E-state index is 12.8. The number of rotatable bonds is 1. The van der Waals surface area contributed by atoms with E-state index >= 15 is 0 Å². The minimum atomic E-state index is -4.86. The van der Waals surface area contributed by atoms with Gasteiger partial charge in [0.15, 0.2) is 0 Å². The minimum absolute atomic E-state index is 0.0489. The SMILES string of the molecule is C[C@@H]1CC[C@@H](C(=O)N2CC3(CC3)N(C(=O)C(F)(F)F)C[C@@H]2C)N1. The monoisotopic (exact) mass is 333 g/mol. The van der Waals surface area contributed by atoms with Crippen molar-refractivity contribution in [3.8, 4) is 0 Å². The summed E-state index contributed by atoms with van der Waals surface area (Å²) < 4.78 is 38.4. The summed E-state index contributed by atoms with van der Waals surface area (Å²) in [6.07, 6.45) is -2.13. The van der Waals surface area contributed by atoms with Crippen LogP contribution in [0, 0.1) is 0 Å². The number of halogens is 3. The van der Waals surface area contributed by atoms with Crippen LogP contribution in [0.3, 0.4) is 0 Å². The van der Waals surface area contributed by atoms with Crippen molar-refractivity contribution >= 4 is 11.8 Å². The first-order chi connectivity index (χ1) is 10.6. The molecule has 130 valence electrons. The van der Waals surface area contributed by atoms with Crippen molar-refractivity contribution in [3.63, 3.8) is 0 Å². The number of piperazine rings is 1. The molecule has 1 N–H and O–H groups in total. The summed E-state index contributed by atoms with van der Waals surface area (Å²) in [5.41, 5.74) is -0.807. The normalized spacial score (nSPS) is 33.2. The number of carbonyl (C=O) groups excluding carboxylic acids is 2. The fraction of sp³-hybridized carbons (Fsp3) is 0.867. The Labute approximate surface area is 133 Å². The molecule has 1 aliphatic carbocycles. The molecule has 1 spiro atoms. The first kappa shape index (κ1) is 16.5. The molecule has 3 rings (SSSR count). The number of hydrogen-bond acceptors (Lipinski definition) is 3. The summed E-state index contributed by atoms with van der Waals surface area (Å²) in [5, 5.41) is 3.23. The van der Waals surface area contributed by atoms with Crippen LogP contribution in [0.25, 0.3) is 0 Å². The molecular formula is C15H22F3N3O2. The van der Waals surface area contributed by atoms with E-state index < -0.39 is 23.7 Å². The molecule has 0 radical (unpaired) electrons. The number of amides is 2. The lowest BCUT2D eigenvalue weighted by Crippen LogP contribution is -2.65. The summed E-state index contributed by atoms with van der Waals surface area (Å²) >= 11 is 0. The molecule has 2 amide bonds. The van der Waals surface area contributed by atoms with Gasteiger partial charge in [0.25, 0.3) is 0 Å². The average Bonchev–Trinajstić information content (AvgIpc) is 3.10. The molecule has 1 saturated carbocycles. The maximum Gasteiger partial charge on any atom is 0.471 e. The Kier molecular flexibility index (Phi) is 3.85. The second kappa shape index (κ2) is 5.36. The highest BCUT2D eigenvalue weighted by atomic mass is 19.4. The second-order valence-electron chi connectivity index (χ2n) is 7.15. The van der Waals surface area contributed by atoms with Crippen molar-refractivity contribution < 1.29 is 22.8 Å². The third kappa shape index (κ3) is 2.93. The van der Waals surface area contributed by atoms with Crippen molar-refractivity contribution in [3.05, 3.63) is 0 Å². The van der Waals surface area contributed by atoms with E-state index in [4.69, 9.17) is 0 Å². The van der Waals surface area contributed by atoms with E-state index in [0.29, 0.717) is 12.8 Å². The van der Waals surface area contributed by atoms with Gasteiger partial charge in [-0.15, -0.1) is 0 Å². The molecular weight excluding hydrogens is 311 g/mol. The average molecular weight is 333 g/mol. The van der Waals surface area contributed by atoms with Crippen LogP contribution in [0.2, 0.25) is 0 Å². The van der Waals surface area contributed by atoms with E-state index in [2.05, 4.69) is 5.32 Å². The number of carbonyl (C=O) groups is 2. The van der Waals surface area contributed by atoms with Gasteiger partial charge >= 0.3 is 12.1 Å². The molecule has 0 aromatic carbocycles. The Balaban J connectivity index is 1.73. The van der Waals surface area contributed by atoms with Gasteiger partial charge in [-0.1, -0.05) is 0 Å². The summed E-state index contributed by atoms with van der Waals surface area (Å²) in [7, 11) is 0. The third-order valence-corrected chi connectivity index (χ3v) is 5.29. The topological polar surface area (TPSA) is 52.7 Å². The summed E-state index contributed by atoms with van der Waals surface area (Å²) in [6.45, 7) is 3.88. The van der Waals surface area contributed by atoms with Gasteiger partial charge in [-0.25, -0.2) is 0 Å². The minimum Gasteiger partial charge on any atom is -0.335 e. The summed E-state index contributed by atoms with van der Waals surface area (Å²) in [5.74, 6) is -1.83. The number of nitrogens with zero attached hydrogens (tertiary/aromatic N) is 2. The van der Waals surface area contributed by atoms with Crippen LogP contribution in [-0.4, -0.2) is 64.5 Å². The fourth-order valence-corrected chi connectivity index (χ4v) is 3.76. The van der Waals surface area contributed by atoms with Gasteiger partial charge in [0.1, 0.15) is 0 Å². The molecule has 0 bridgehead atoms. The number of alkyl halides is 3. The predicted octanol–water partition coefficient (Wildman–Crippen LogP) is 1.28. The van der Waals surface area contributed by atoms with E-state index in [1.165, 1.54) is 0 Å². The van der Waals surface area contributed by atoms with Crippen LogP contribution in [0.4, 0.5) is 13.2 Å². The zero-order valence-electron chi connectivity index (χ0n) is 13.3. The van der Waals surface area contributed by atoms with Crippen LogP contribution in [0.15, 0.2) is 0 Å². The molecule has 0 aromatic rings. The molecule has 5 nitrogen and oxygen atoms in total. The Morgan fingerprint density at radius 2 is 1.83 bits per heavy atom. The predicted molar refractivity (Wildman–Crippen MR) is 76.5 cm³/mol. The zero-order valence-corrected chi connectivity index (χ0v) is 13.3. The fourth-order valence-electron chi connectivity index (χ4n) is 3.76. The lowest BCUT2D eigenvalue weighted by Gasteiger charge is -2.46. The molecule has 3 fully saturated rings. The van der Waals surface area contributed by atoms with Crippen molar-refractivity contribution in [2.24, 2.45) is 0 Å². The third-order valence-electron chi connectivity index (χ3n) is 5.29. The molecule has 3 aliphatic rings. The molecule has 2 heterocycles. The highest BCUT2D eigenvalue weighted by molar-refractivity contribution is 5.85. The van der Waals surface area contributed by atoms with Gasteiger partial charge in [-0.3, -0.25) is 9.59 Å². The van der Waals surface area contributed by atoms with Gasteiger partial charge in [0.2, 0.25) is 5.91 Å². The first-order valence-corrected chi connectivity index (χ1v) is 8.09. The second-order valence-corrected chi connectivity index (χ2v) is 7.15. The molecule has 23 heavy (non-hydrogen) atoms. The molecule has 8 heteroatoms. The van der Waals surface area contributed by atoms with Gasteiger partial charge in [0.05, 0.1) is 11.6 Å². The highest BCUT2D eigenvalue weighted by Crippen LogP contribution is 2.47. The van der Waals surface area contributed by atoms with Gasteiger partial charge < -0.3 is 15.1 Å². The lowest BCUT2D eigenvalue weighted by molar-refractivity contribution is -0.193. The zero-order chi connectivity index (χ0) is 17.0. The van der Waals surface area contributed by atoms with Crippen LogP contribution >= 0.6 is 0 Å². The molecule has 2 saturated heterocycles. The summed E-state index contributed by atoms with van der Waals surface area (Å²) in [6, 6.07) is -0.381. The highest BCUT2D eigenvalue weighted by Gasteiger charge is 2.60. The van der Waals surface area contributed by atoms with Crippen LogP contribution in [-0.2, 0) is 9.59 Å². The number of nitrogens with one attached hydrogen (secondary N) is 1. The van der Waals surface area contributed by atoms with Crippen LogP contribution in [0.1, 0.15) is 39.5 Å². The largest absolute Gasteiger partial charge is 0.471 e. The van der Waals surface area contributed by atoms with E-state index in [0.717, 1.165) is 17.7 Å². The van der Waals surface area contributed by atoms with Gasteiger partial charge in [-0.2, -0.15) is 13.2 Å². The lowest BCUT2D eigenvalue weighted by atomic mass is 10.0. The van der Waals surface area contributed by atoms with E-state index in [1.54, 1.807) is 11.8 Å². The van der Waals surface area contributed by atoms with Gasteiger partial charge in [-0.05, 0) is 39.5 Å². The summed E-state index contributed by atoms with van der Waals surface area (Å²) in [4.78, 5) is 27.0. The molecule has 0 unspecified atom stereocenters. The van der Waals surface area contributed by atoms with Gasteiger partial charge in [0, 0.05) is 25.2 Å². The van der Waals surface area contributed by atoms with E-state index in [9.17, 15) is 22.8 Å². The maximum atomic E-state index is 12.8. The number of hydrogen-bond donors (Lipinski definition) is 1. The molecule has 3 atom stereocenters. The van der Waals surface area contributed by atoms with Crippen molar-refractivity contribution in [2.45, 2.75) is 69.4 Å². The molecule has 2 aliphatic heterocycles. The Bertz CT molecular complexity index is 519. The van der Waals surface area contributed by atoms with Crippen LogP contribution < -0.4 is 5.32 Å². The van der Waals surface area contributed by atoms with Crippen LogP contribution in [0.5, 0.6) is 0 Å². The smallest absolute Gasteiger partial charge is 0.335 e. The van der Waals surface area contributed by atoms with Crippen molar-refractivity contribution in [2.75, 3.05) is 13.1 Å². The van der Waals surface area contributed by atoms with E-state index in [1.807, 2.05) is 6.92 Å². The first-order valence-electron chi connectivity index (χ1n) is 8.09. The van der Waals surface area contributed by atoms with E-state index in [-0.39, 0.29) is 31.1 Å². The van der Waals surface area contributed by atoms with Crippen molar-refractivity contribution in [1.82, 2.24) is 15.1 Å². The Hall–Kier alpha value is -1.31. The quantitative estimate of drug-likeness (QED) is 0.787. The van der Waals surface area contributed by atoms with Crippen molar-refractivity contribution in [1.29, 1.82) is 0 Å². The Morgan fingerprint density at radius 3 is 2.30 bits per heavy atom. The molecule has 0 aromatic heterocycles. The standard InChI is InChI=1S/C15H22F3N3O2/c1-9-3-4-11(19-9)12(22)20-8-14(5-6-14)21(7-10(20)2)13(23)15(16,17)18/h9-11,19H,3-8H2,1-2H3/t9-,10+,11+/m1/s1.